The van der Waals surface area contributed by atoms with E-state index in [4.69, 9.17) is 1.37 Å². The van der Waals surface area contributed by atoms with Gasteiger partial charge in [0, 0.05) is 6.20 Å². The molecule has 0 atom stereocenters. The lowest BCUT2D eigenvalue weighted by molar-refractivity contribution is 0.101. The summed E-state index contributed by atoms with van der Waals surface area (Å²) in [5.41, 5.74) is 0.401. The van der Waals surface area contributed by atoms with Gasteiger partial charge in [0.1, 0.15) is 5.69 Å². The Bertz CT molecular complexity index is 260. The van der Waals surface area contributed by atoms with E-state index in [0.717, 1.165) is 0 Å². The highest BCUT2D eigenvalue weighted by atomic mass is 79.9. The third-order valence-corrected chi connectivity index (χ3v) is 1.53. The van der Waals surface area contributed by atoms with Gasteiger partial charge in [-0.1, -0.05) is 22.0 Å². The molecule has 2 nitrogen and oxygen atoms in total. The molecular formula is C7H6BrNO. The highest BCUT2D eigenvalue weighted by Gasteiger charge is 2.01. The van der Waals surface area contributed by atoms with Crippen molar-refractivity contribution in [3.05, 3.63) is 30.1 Å². The van der Waals surface area contributed by atoms with Crippen LogP contribution in [0, 0.1) is 0 Å². The van der Waals surface area contributed by atoms with E-state index in [1.165, 1.54) is 6.20 Å². The van der Waals surface area contributed by atoms with Crippen LogP contribution in [0.15, 0.2) is 24.4 Å². The summed E-state index contributed by atoms with van der Waals surface area (Å²) >= 11 is 3.03. The number of pyridine rings is 1. The molecule has 10 heavy (non-hydrogen) atoms. The molecule has 3 heteroatoms. The van der Waals surface area contributed by atoms with E-state index < -0.39 is 0 Å². The number of ketones is 1. The first-order valence-electron chi connectivity index (χ1n) is 3.26. The van der Waals surface area contributed by atoms with Gasteiger partial charge in [-0.25, -0.2) is 0 Å². The molecule has 0 aliphatic heterocycles. The molecule has 0 spiro atoms. The van der Waals surface area contributed by atoms with Crippen molar-refractivity contribution in [1.82, 2.24) is 4.98 Å². The van der Waals surface area contributed by atoms with E-state index in [1.807, 2.05) is 0 Å². The Morgan fingerprint density at radius 2 is 2.70 bits per heavy atom. The van der Waals surface area contributed by atoms with Crippen LogP contribution in [-0.2, 0) is 0 Å². The van der Waals surface area contributed by atoms with E-state index in [2.05, 4.69) is 20.9 Å². The summed E-state index contributed by atoms with van der Waals surface area (Å²) in [7, 11) is 0. The van der Waals surface area contributed by atoms with Gasteiger partial charge in [0.25, 0.3) is 0 Å². The van der Waals surface area contributed by atoms with Gasteiger partial charge in [0.05, 0.1) is 6.70 Å². The standard InChI is InChI=1S/C7H6BrNO/c8-5-7(10)6-3-1-2-4-9-6/h1-4H,5H2/i2T. The average molecular weight is 202 g/mol. The predicted octanol–water partition coefficient (Wildman–Crippen LogP) is 1.66. The zero-order valence-corrected chi connectivity index (χ0v) is 6.76. The maximum absolute atomic E-state index is 11.0. The molecule has 52 valence electrons. The van der Waals surface area contributed by atoms with Gasteiger partial charge in [-0.15, -0.1) is 0 Å². The third-order valence-electron chi connectivity index (χ3n) is 1.02. The van der Waals surface area contributed by atoms with Crippen LogP contribution >= 0.6 is 15.9 Å². The lowest BCUT2D eigenvalue weighted by Crippen LogP contribution is -2.01. The number of carbonyl (C=O) groups is 1. The number of nitrogens with zero attached hydrogens (tertiary/aromatic N) is 1. The van der Waals surface area contributed by atoms with Gasteiger partial charge in [-0.3, -0.25) is 9.78 Å². The van der Waals surface area contributed by atoms with Crippen molar-refractivity contribution in [2.45, 2.75) is 0 Å². The lowest BCUT2D eigenvalue weighted by atomic mass is 10.3. The van der Waals surface area contributed by atoms with E-state index in [1.54, 1.807) is 12.1 Å². The summed E-state index contributed by atoms with van der Waals surface area (Å²) in [5.74, 6) is -0.0648. The fourth-order valence-electron chi connectivity index (χ4n) is 0.553. The molecule has 0 aliphatic rings. The average Bonchev–Trinajstić information content (AvgIpc) is 2.05. The number of halogens is 1. The normalized spacial score (nSPS) is 10.7. The number of carbonyl (C=O) groups excluding carboxylic acids is 1. The van der Waals surface area contributed by atoms with E-state index in [-0.39, 0.29) is 11.1 Å². The van der Waals surface area contributed by atoms with Crippen molar-refractivity contribution < 1.29 is 6.17 Å². The van der Waals surface area contributed by atoms with E-state index >= 15 is 0 Å². The molecule has 1 aromatic rings. The van der Waals surface area contributed by atoms with Crippen molar-refractivity contribution in [2.75, 3.05) is 5.33 Å². The predicted molar refractivity (Wildman–Crippen MR) is 42.4 cm³/mol. The minimum absolute atomic E-state index is 0.0648. The van der Waals surface area contributed by atoms with Crippen molar-refractivity contribution in [3.63, 3.8) is 0 Å². The zero-order valence-electron chi connectivity index (χ0n) is 6.17. The number of alkyl halides is 1. The maximum atomic E-state index is 11.0. The summed E-state index contributed by atoms with van der Waals surface area (Å²) in [6.07, 6.45) is 1.36. The van der Waals surface area contributed by atoms with E-state index in [9.17, 15) is 4.79 Å². The van der Waals surface area contributed by atoms with Gasteiger partial charge < -0.3 is 0 Å². The Morgan fingerprint density at radius 3 is 3.20 bits per heavy atom. The Hall–Kier alpha value is -0.700. The first-order chi connectivity index (χ1) is 5.24. The van der Waals surface area contributed by atoms with Crippen molar-refractivity contribution >= 4 is 21.7 Å². The SMILES string of the molecule is [3H]c1ccc(C(=O)CBr)nc1. The highest BCUT2D eigenvalue weighted by molar-refractivity contribution is 9.09. The molecule has 0 bridgehead atoms. The van der Waals surface area contributed by atoms with Crippen LogP contribution in [0.25, 0.3) is 0 Å². The molecule has 0 amide bonds. The van der Waals surface area contributed by atoms with E-state index in [0.29, 0.717) is 11.7 Å². The third kappa shape index (κ3) is 1.64. The Labute approximate surface area is 68.8 Å². The maximum Gasteiger partial charge on any atom is 0.191 e. The molecule has 0 saturated carbocycles. The summed E-state index contributed by atoms with van der Waals surface area (Å²) in [6, 6.07) is 3.41. The summed E-state index contributed by atoms with van der Waals surface area (Å²) in [6.45, 7) is 0. The van der Waals surface area contributed by atoms with Crippen LogP contribution in [0.5, 0.6) is 0 Å². The molecule has 1 aromatic heterocycles. The Morgan fingerprint density at radius 1 is 1.90 bits per heavy atom. The Kier molecular flexibility index (Phi) is 2.09. The molecule has 0 aliphatic carbocycles. The van der Waals surface area contributed by atoms with Crippen LogP contribution in [0.3, 0.4) is 0 Å². The zero-order chi connectivity index (χ0) is 8.27. The molecule has 0 saturated heterocycles. The van der Waals surface area contributed by atoms with Crippen molar-refractivity contribution in [1.29, 1.82) is 0 Å². The second kappa shape index (κ2) is 3.46. The molecule has 1 heterocycles. The van der Waals surface area contributed by atoms with Crippen LogP contribution in [-0.4, -0.2) is 16.1 Å². The first-order valence-corrected chi connectivity index (χ1v) is 3.88. The molecule has 0 aromatic carbocycles. The number of rotatable bonds is 2. The first kappa shape index (κ1) is 6.04. The van der Waals surface area contributed by atoms with Crippen LogP contribution in [0.1, 0.15) is 11.9 Å². The van der Waals surface area contributed by atoms with Gasteiger partial charge in [0.2, 0.25) is 0 Å². The molecule has 0 radical (unpaired) electrons. The molecule has 0 fully saturated rings. The van der Waals surface area contributed by atoms with Crippen LogP contribution in [0.4, 0.5) is 0 Å². The second-order valence-corrected chi connectivity index (χ2v) is 2.26. The quantitative estimate of drug-likeness (QED) is 0.539. The van der Waals surface area contributed by atoms with Gasteiger partial charge in [-0.2, -0.15) is 0 Å². The Balaban J connectivity index is 2.90. The fraction of sp³-hybridized carbons (Fsp3) is 0.143. The molecule has 0 N–H and O–H groups in total. The van der Waals surface area contributed by atoms with Crippen molar-refractivity contribution in [3.8, 4) is 0 Å². The number of aromatic nitrogens is 1. The fourth-order valence-corrected chi connectivity index (χ4v) is 0.841. The second-order valence-electron chi connectivity index (χ2n) is 1.70. The molecule has 0 unspecified atom stereocenters. The van der Waals surface area contributed by atoms with Gasteiger partial charge in [-0.05, 0) is 12.1 Å². The smallest absolute Gasteiger partial charge is 0.191 e. The monoisotopic (exact) mass is 201 g/mol. The number of Topliss-reactive ketones (excluding diaryl/α,β-unsaturated/α-hetero) is 1. The van der Waals surface area contributed by atoms with Crippen LogP contribution in [0.2, 0.25) is 0 Å². The largest absolute Gasteiger partial charge is 0.291 e. The van der Waals surface area contributed by atoms with Crippen LogP contribution < -0.4 is 0 Å². The topological polar surface area (TPSA) is 30.0 Å². The minimum Gasteiger partial charge on any atom is -0.291 e. The van der Waals surface area contributed by atoms with Gasteiger partial charge in [0.15, 0.2) is 5.78 Å². The summed E-state index contributed by atoms with van der Waals surface area (Å²) in [5, 5.41) is 0.275. The summed E-state index contributed by atoms with van der Waals surface area (Å²) in [4.78, 5) is 14.7. The number of hydrogen-bond acceptors (Lipinski definition) is 2. The molecule has 1 rings (SSSR count). The highest BCUT2D eigenvalue weighted by Crippen LogP contribution is 1.96. The minimum atomic E-state index is -0.0648. The van der Waals surface area contributed by atoms with Gasteiger partial charge >= 0.3 is 0 Å². The lowest BCUT2D eigenvalue weighted by Gasteiger charge is -1.91. The van der Waals surface area contributed by atoms with Crippen molar-refractivity contribution in [2.24, 2.45) is 0 Å². The molecular weight excluding hydrogens is 194 g/mol. The summed E-state index contributed by atoms with van der Waals surface area (Å²) < 4.78 is 7.10. The number of hydrogen-bond donors (Lipinski definition) is 0.